The van der Waals surface area contributed by atoms with Gasteiger partial charge >= 0.3 is 0 Å². The molecule has 2 saturated carbocycles. The highest BCUT2D eigenvalue weighted by Gasteiger charge is 2.34. The second-order valence-corrected chi connectivity index (χ2v) is 7.00. The zero-order valence-corrected chi connectivity index (χ0v) is 14.5. The van der Waals surface area contributed by atoms with Crippen molar-refractivity contribution in [2.24, 2.45) is 23.5 Å². The molecule has 2 rings (SSSR count). The molecule has 0 saturated heterocycles. The van der Waals surface area contributed by atoms with Crippen LogP contribution in [0.15, 0.2) is 0 Å². The van der Waals surface area contributed by atoms with E-state index in [1.54, 1.807) is 0 Å². The number of nitrogens with two attached hydrogens (primary N) is 1. The third-order valence-corrected chi connectivity index (χ3v) is 5.42. The molecule has 1 amide bonds. The van der Waals surface area contributed by atoms with E-state index in [0.717, 1.165) is 12.3 Å². The molecule has 5 heteroatoms. The minimum Gasteiger partial charge on any atom is -0.352 e. The van der Waals surface area contributed by atoms with Gasteiger partial charge in [0, 0.05) is 18.6 Å². The summed E-state index contributed by atoms with van der Waals surface area (Å²) in [5.41, 5.74) is 5.84. The third kappa shape index (κ3) is 5.11. The van der Waals surface area contributed by atoms with Crippen LogP contribution in [0.1, 0.15) is 46.0 Å². The lowest BCUT2D eigenvalue weighted by molar-refractivity contribution is -0.123. The Hall–Kier alpha value is -0.320. The van der Waals surface area contributed by atoms with Gasteiger partial charge in [0.25, 0.3) is 0 Å². The van der Waals surface area contributed by atoms with Crippen molar-refractivity contribution < 1.29 is 4.79 Å². The molecule has 3 N–H and O–H groups in total. The predicted octanol–water partition coefficient (Wildman–Crippen LogP) is 2.02. The van der Waals surface area contributed by atoms with Crippen LogP contribution in [0.25, 0.3) is 0 Å². The second-order valence-electron chi connectivity index (χ2n) is 7.00. The molecule has 2 aliphatic rings. The van der Waals surface area contributed by atoms with Gasteiger partial charge in [-0.25, -0.2) is 0 Å². The van der Waals surface area contributed by atoms with Crippen LogP contribution in [-0.2, 0) is 4.79 Å². The van der Waals surface area contributed by atoms with Gasteiger partial charge in [-0.2, -0.15) is 0 Å². The maximum Gasteiger partial charge on any atom is 0.234 e. The lowest BCUT2D eigenvalue weighted by Gasteiger charge is -2.35. The number of nitrogens with one attached hydrogen (secondary N) is 1. The molecule has 124 valence electrons. The molecule has 0 heterocycles. The van der Waals surface area contributed by atoms with Crippen LogP contribution in [-0.4, -0.2) is 43.0 Å². The van der Waals surface area contributed by atoms with E-state index in [9.17, 15) is 4.79 Å². The summed E-state index contributed by atoms with van der Waals surface area (Å²) in [4.78, 5) is 14.4. The molecule has 4 unspecified atom stereocenters. The van der Waals surface area contributed by atoms with Gasteiger partial charge in [0.05, 0.1) is 6.54 Å². The second kappa shape index (κ2) is 8.35. The quantitative estimate of drug-likeness (QED) is 0.788. The number of amides is 1. The summed E-state index contributed by atoms with van der Waals surface area (Å²) in [6, 6.07) is 0.736. The number of carbonyl (C=O) groups is 1. The number of hydrogen-bond acceptors (Lipinski definition) is 3. The average molecular weight is 318 g/mol. The molecular weight excluding hydrogens is 286 g/mol. The van der Waals surface area contributed by atoms with E-state index in [-0.39, 0.29) is 18.3 Å². The summed E-state index contributed by atoms with van der Waals surface area (Å²) >= 11 is 0. The number of likely N-dealkylation sites (N-methyl/N-ethyl adjacent to an activating group) is 1. The minimum atomic E-state index is 0. The smallest absolute Gasteiger partial charge is 0.234 e. The number of rotatable bonds is 6. The van der Waals surface area contributed by atoms with Gasteiger partial charge < -0.3 is 11.1 Å². The van der Waals surface area contributed by atoms with Crippen LogP contribution in [0.5, 0.6) is 0 Å². The summed E-state index contributed by atoms with van der Waals surface area (Å²) in [6.07, 6.45) is 6.20. The Balaban J connectivity index is 0.00000220. The van der Waals surface area contributed by atoms with Crippen molar-refractivity contribution in [2.75, 3.05) is 20.1 Å². The molecule has 21 heavy (non-hydrogen) atoms. The molecule has 0 spiro atoms. The SMILES string of the molecule is CC1CCCC(NC(=O)CN(C)C(CN)C2CC2)C1C.Cl. The van der Waals surface area contributed by atoms with Gasteiger partial charge in [0.2, 0.25) is 5.91 Å². The molecule has 4 atom stereocenters. The molecule has 2 fully saturated rings. The van der Waals surface area contributed by atoms with Gasteiger partial charge in [-0.1, -0.05) is 26.7 Å². The summed E-state index contributed by atoms with van der Waals surface area (Å²) in [7, 11) is 2.03. The number of nitrogens with zero attached hydrogens (tertiary/aromatic N) is 1. The highest BCUT2D eigenvalue weighted by atomic mass is 35.5. The van der Waals surface area contributed by atoms with Crippen LogP contribution in [0.3, 0.4) is 0 Å². The standard InChI is InChI=1S/C16H31N3O.ClH/c1-11-5-4-6-14(12(11)2)18-16(20)10-19(3)15(9-17)13-7-8-13;/h11-15H,4-10,17H2,1-3H3,(H,18,20);1H. The van der Waals surface area contributed by atoms with Crippen molar-refractivity contribution in [2.45, 2.75) is 58.0 Å². The van der Waals surface area contributed by atoms with E-state index in [2.05, 4.69) is 24.1 Å². The van der Waals surface area contributed by atoms with Crippen molar-refractivity contribution in [3.8, 4) is 0 Å². The molecule has 0 aromatic heterocycles. The summed E-state index contributed by atoms with van der Waals surface area (Å²) in [5.74, 6) is 2.19. The first-order valence-electron chi connectivity index (χ1n) is 8.22. The highest BCUT2D eigenvalue weighted by molar-refractivity contribution is 5.85. The first-order chi connectivity index (χ1) is 9.52. The third-order valence-electron chi connectivity index (χ3n) is 5.42. The molecule has 0 aromatic rings. The van der Waals surface area contributed by atoms with Crippen LogP contribution in [0.2, 0.25) is 0 Å². The number of halogens is 1. The molecule has 0 aliphatic heterocycles. The number of carbonyl (C=O) groups excluding carboxylic acids is 1. The molecule has 2 aliphatic carbocycles. The van der Waals surface area contributed by atoms with Crippen molar-refractivity contribution in [3.63, 3.8) is 0 Å². The van der Waals surface area contributed by atoms with Gasteiger partial charge in [0.1, 0.15) is 0 Å². The van der Waals surface area contributed by atoms with E-state index in [1.807, 2.05) is 7.05 Å². The van der Waals surface area contributed by atoms with Gasteiger partial charge in [0.15, 0.2) is 0 Å². The summed E-state index contributed by atoms with van der Waals surface area (Å²) in [5, 5.41) is 3.25. The normalized spacial score (nSPS) is 30.6. The van der Waals surface area contributed by atoms with Gasteiger partial charge in [-0.15, -0.1) is 12.4 Å². The first kappa shape index (κ1) is 18.7. The van der Waals surface area contributed by atoms with Crippen molar-refractivity contribution in [1.82, 2.24) is 10.2 Å². The molecular formula is C16H32ClN3O. The summed E-state index contributed by atoms with van der Waals surface area (Å²) in [6.45, 7) is 5.71. The van der Waals surface area contributed by atoms with Crippen molar-refractivity contribution >= 4 is 18.3 Å². The van der Waals surface area contributed by atoms with Crippen molar-refractivity contribution in [3.05, 3.63) is 0 Å². The van der Waals surface area contributed by atoms with E-state index >= 15 is 0 Å². The summed E-state index contributed by atoms with van der Waals surface area (Å²) < 4.78 is 0. The first-order valence-corrected chi connectivity index (χ1v) is 8.22. The largest absolute Gasteiger partial charge is 0.352 e. The Bertz CT molecular complexity index is 335. The van der Waals surface area contributed by atoms with E-state index < -0.39 is 0 Å². The maximum atomic E-state index is 12.2. The molecule has 0 bridgehead atoms. The Kier molecular flexibility index (Phi) is 7.45. The lowest BCUT2D eigenvalue weighted by atomic mass is 9.78. The Morgan fingerprint density at radius 3 is 2.52 bits per heavy atom. The van der Waals surface area contributed by atoms with Gasteiger partial charge in [-0.05, 0) is 44.1 Å². The van der Waals surface area contributed by atoms with Crippen molar-refractivity contribution in [1.29, 1.82) is 0 Å². The molecule has 0 radical (unpaired) electrons. The predicted molar refractivity (Wildman–Crippen MR) is 89.6 cm³/mol. The molecule has 4 nitrogen and oxygen atoms in total. The number of hydrogen-bond donors (Lipinski definition) is 2. The Labute approximate surface area is 135 Å². The fraction of sp³-hybridized carbons (Fsp3) is 0.938. The zero-order chi connectivity index (χ0) is 14.7. The average Bonchev–Trinajstić information content (AvgIpc) is 3.20. The Morgan fingerprint density at radius 1 is 1.29 bits per heavy atom. The van der Waals surface area contributed by atoms with E-state index in [1.165, 1.54) is 25.7 Å². The fourth-order valence-electron chi connectivity index (χ4n) is 3.60. The topological polar surface area (TPSA) is 58.4 Å². The Morgan fingerprint density at radius 2 is 1.95 bits per heavy atom. The molecule has 0 aromatic carbocycles. The van der Waals surface area contributed by atoms with Crippen LogP contribution >= 0.6 is 12.4 Å². The van der Waals surface area contributed by atoms with E-state index in [4.69, 9.17) is 5.73 Å². The highest BCUT2D eigenvalue weighted by Crippen LogP contribution is 2.34. The fourth-order valence-corrected chi connectivity index (χ4v) is 3.60. The monoisotopic (exact) mass is 317 g/mol. The van der Waals surface area contributed by atoms with Gasteiger partial charge in [-0.3, -0.25) is 9.69 Å². The van der Waals surface area contributed by atoms with Crippen LogP contribution in [0.4, 0.5) is 0 Å². The zero-order valence-electron chi connectivity index (χ0n) is 13.7. The van der Waals surface area contributed by atoms with E-state index in [0.29, 0.717) is 37.0 Å². The van der Waals surface area contributed by atoms with Crippen LogP contribution in [0, 0.1) is 17.8 Å². The maximum absolute atomic E-state index is 12.2. The minimum absolute atomic E-state index is 0. The van der Waals surface area contributed by atoms with Crippen LogP contribution < -0.4 is 11.1 Å². The lowest BCUT2D eigenvalue weighted by Crippen LogP contribution is -2.49.